The molecule has 0 spiro atoms. The number of hydrogen-bond donors (Lipinski definition) is 1. The molecule has 1 aromatic rings. The third-order valence-corrected chi connectivity index (χ3v) is 6.76. The Morgan fingerprint density at radius 3 is 2.55 bits per heavy atom. The van der Waals surface area contributed by atoms with E-state index in [0.717, 1.165) is 34.5 Å². The standard InChI is InChI=1S/C30H38N2O/c1-7-25-15-17-30(6,24(5)33-8-2)21-28(25)19-22(3)32-23(4)27-16-18-31-29(20-27)26-13-11-9-10-12-14-26/h7-8,15-16,18-21,26,32H,1-2,4-5,9-14,17H2,3,6H3/b22-19+. The zero-order chi connectivity index (χ0) is 23.8. The van der Waals surface area contributed by atoms with E-state index < -0.39 is 0 Å². The molecule has 3 nitrogen and oxygen atoms in total. The maximum absolute atomic E-state index is 5.51. The van der Waals surface area contributed by atoms with Crippen LogP contribution in [0, 0.1) is 5.41 Å². The highest BCUT2D eigenvalue weighted by molar-refractivity contribution is 5.64. The molecule has 1 fully saturated rings. The number of hydrogen-bond acceptors (Lipinski definition) is 3. The average Bonchev–Trinajstić information content (AvgIpc) is 3.09. The number of ether oxygens (including phenoxy) is 1. The van der Waals surface area contributed by atoms with Gasteiger partial charge in [0.05, 0.1) is 6.26 Å². The van der Waals surface area contributed by atoms with Crippen molar-refractivity contribution in [1.29, 1.82) is 0 Å². The summed E-state index contributed by atoms with van der Waals surface area (Å²) in [6.07, 6.45) is 20.3. The maximum atomic E-state index is 5.51. The van der Waals surface area contributed by atoms with Gasteiger partial charge in [-0.1, -0.05) is 70.2 Å². The predicted octanol–water partition coefficient (Wildman–Crippen LogP) is 8.11. The molecule has 0 radical (unpaired) electrons. The minimum Gasteiger partial charge on any atom is -0.470 e. The van der Waals surface area contributed by atoms with Crippen molar-refractivity contribution >= 4 is 5.70 Å². The lowest BCUT2D eigenvalue weighted by atomic mass is 9.77. The summed E-state index contributed by atoms with van der Waals surface area (Å²) in [5.41, 5.74) is 6.05. The molecule has 174 valence electrons. The predicted molar refractivity (Wildman–Crippen MR) is 140 cm³/mol. The first-order chi connectivity index (χ1) is 15.9. The van der Waals surface area contributed by atoms with Crippen LogP contribution in [0.1, 0.15) is 76.0 Å². The summed E-state index contributed by atoms with van der Waals surface area (Å²) >= 11 is 0. The largest absolute Gasteiger partial charge is 0.470 e. The van der Waals surface area contributed by atoms with Gasteiger partial charge in [0.15, 0.2) is 0 Å². The van der Waals surface area contributed by atoms with Crippen LogP contribution in [0.2, 0.25) is 0 Å². The molecule has 33 heavy (non-hydrogen) atoms. The number of allylic oxidation sites excluding steroid dienone is 7. The van der Waals surface area contributed by atoms with Gasteiger partial charge in [-0.15, -0.1) is 0 Å². The van der Waals surface area contributed by atoms with Gasteiger partial charge in [0.25, 0.3) is 0 Å². The fraction of sp³-hybridized carbons (Fsp3) is 0.367. The summed E-state index contributed by atoms with van der Waals surface area (Å²) in [7, 11) is 0. The van der Waals surface area contributed by atoms with Crippen molar-refractivity contribution in [3.63, 3.8) is 0 Å². The second-order valence-electron chi connectivity index (χ2n) is 9.38. The Labute approximate surface area is 200 Å². The van der Waals surface area contributed by atoms with Crippen molar-refractivity contribution < 1.29 is 4.74 Å². The van der Waals surface area contributed by atoms with E-state index in [4.69, 9.17) is 9.72 Å². The third kappa shape index (κ3) is 6.25. The molecule has 1 saturated carbocycles. The Morgan fingerprint density at radius 2 is 1.88 bits per heavy atom. The SMILES string of the molecule is C=COC(=C)C1(C)C=C(/C=C(\C)NC(=C)c2ccnc(C3CCCCCC3)c2)C(C=C)=CC1. The number of aromatic nitrogens is 1. The minimum atomic E-state index is -0.303. The van der Waals surface area contributed by atoms with E-state index in [1.54, 1.807) is 0 Å². The van der Waals surface area contributed by atoms with Crippen molar-refractivity contribution in [2.75, 3.05) is 0 Å². The maximum Gasteiger partial charge on any atom is 0.106 e. The quantitative estimate of drug-likeness (QED) is 0.310. The van der Waals surface area contributed by atoms with E-state index >= 15 is 0 Å². The normalized spacial score (nSPS) is 21.8. The Kier molecular flexibility index (Phi) is 8.32. The summed E-state index contributed by atoms with van der Waals surface area (Å²) in [6, 6.07) is 4.24. The van der Waals surface area contributed by atoms with Crippen LogP contribution in [0.3, 0.4) is 0 Å². The Morgan fingerprint density at radius 1 is 1.15 bits per heavy atom. The van der Waals surface area contributed by atoms with Crippen LogP contribution in [0.5, 0.6) is 0 Å². The summed E-state index contributed by atoms with van der Waals surface area (Å²) in [5, 5.41) is 3.48. The second kappa shape index (κ2) is 11.2. The van der Waals surface area contributed by atoms with Crippen LogP contribution in [0.4, 0.5) is 0 Å². The van der Waals surface area contributed by atoms with Gasteiger partial charge < -0.3 is 10.1 Å². The van der Waals surface area contributed by atoms with Crippen molar-refractivity contribution in [2.24, 2.45) is 5.41 Å². The zero-order valence-electron chi connectivity index (χ0n) is 20.3. The van der Waals surface area contributed by atoms with Crippen molar-refractivity contribution in [2.45, 2.75) is 64.7 Å². The van der Waals surface area contributed by atoms with Gasteiger partial charge in [0.2, 0.25) is 0 Å². The monoisotopic (exact) mass is 442 g/mol. The summed E-state index contributed by atoms with van der Waals surface area (Å²) < 4.78 is 5.51. The van der Waals surface area contributed by atoms with Crippen LogP contribution in [0.25, 0.3) is 5.70 Å². The molecule has 1 N–H and O–H groups in total. The lowest BCUT2D eigenvalue weighted by Gasteiger charge is -2.30. The molecule has 2 aliphatic rings. The van der Waals surface area contributed by atoms with Gasteiger partial charge in [0, 0.05) is 40.2 Å². The van der Waals surface area contributed by atoms with Crippen LogP contribution in [-0.4, -0.2) is 4.98 Å². The molecule has 1 aromatic heterocycles. The van der Waals surface area contributed by atoms with Crippen LogP contribution >= 0.6 is 0 Å². The highest BCUT2D eigenvalue weighted by Crippen LogP contribution is 2.40. The Hall–Kier alpha value is -3.07. The van der Waals surface area contributed by atoms with Gasteiger partial charge in [-0.05, 0) is 62.5 Å². The van der Waals surface area contributed by atoms with E-state index in [-0.39, 0.29) is 5.41 Å². The lowest BCUT2D eigenvalue weighted by Crippen LogP contribution is -2.20. The Bertz CT molecular complexity index is 1000. The van der Waals surface area contributed by atoms with Gasteiger partial charge in [-0.2, -0.15) is 0 Å². The van der Waals surface area contributed by atoms with E-state index in [1.165, 1.54) is 50.5 Å². The molecule has 0 aromatic carbocycles. The van der Waals surface area contributed by atoms with Crippen LogP contribution in [0.15, 0.2) is 97.8 Å². The molecule has 1 heterocycles. The molecule has 0 amide bonds. The van der Waals surface area contributed by atoms with Crippen molar-refractivity contribution in [3.05, 3.63) is 109 Å². The smallest absolute Gasteiger partial charge is 0.106 e. The zero-order valence-corrected chi connectivity index (χ0v) is 20.3. The molecule has 0 bridgehead atoms. The van der Waals surface area contributed by atoms with Crippen molar-refractivity contribution in [3.8, 4) is 0 Å². The first-order valence-electron chi connectivity index (χ1n) is 12.0. The van der Waals surface area contributed by atoms with E-state index in [9.17, 15) is 0 Å². The second-order valence-corrected chi connectivity index (χ2v) is 9.38. The van der Waals surface area contributed by atoms with Crippen molar-refractivity contribution in [1.82, 2.24) is 10.3 Å². The lowest BCUT2D eigenvalue weighted by molar-refractivity contribution is 0.256. The number of nitrogens with zero attached hydrogens (tertiary/aromatic N) is 1. The number of nitrogens with one attached hydrogen (secondary N) is 1. The molecule has 1 atom stereocenters. The highest BCUT2D eigenvalue weighted by atomic mass is 16.5. The van der Waals surface area contributed by atoms with Gasteiger partial charge in [0.1, 0.15) is 5.76 Å². The average molecular weight is 443 g/mol. The first-order valence-corrected chi connectivity index (χ1v) is 12.0. The first kappa shape index (κ1) is 24.6. The van der Waals surface area contributed by atoms with Crippen LogP contribution in [-0.2, 0) is 4.74 Å². The fourth-order valence-electron chi connectivity index (χ4n) is 4.69. The number of pyridine rings is 1. The summed E-state index contributed by atoms with van der Waals surface area (Å²) in [6.45, 7) is 20.2. The molecular weight excluding hydrogens is 404 g/mol. The van der Waals surface area contributed by atoms with Gasteiger partial charge >= 0.3 is 0 Å². The molecular formula is C30H38N2O. The van der Waals surface area contributed by atoms with E-state index in [1.807, 2.05) is 18.3 Å². The topological polar surface area (TPSA) is 34.1 Å². The summed E-state index contributed by atoms with van der Waals surface area (Å²) in [4.78, 5) is 4.69. The Balaban J connectivity index is 1.77. The fourth-order valence-corrected chi connectivity index (χ4v) is 4.69. The third-order valence-electron chi connectivity index (χ3n) is 6.76. The molecule has 0 saturated heterocycles. The minimum absolute atomic E-state index is 0.303. The van der Waals surface area contributed by atoms with Crippen LogP contribution < -0.4 is 5.32 Å². The molecule has 3 heteroatoms. The van der Waals surface area contributed by atoms with Gasteiger partial charge in [-0.3, -0.25) is 4.98 Å². The molecule has 0 aliphatic heterocycles. The molecule has 1 unspecified atom stereocenters. The molecule has 3 rings (SSSR count). The highest BCUT2D eigenvalue weighted by Gasteiger charge is 2.29. The van der Waals surface area contributed by atoms with Gasteiger partial charge in [-0.25, -0.2) is 0 Å². The molecule has 2 aliphatic carbocycles. The summed E-state index contributed by atoms with van der Waals surface area (Å²) in [5.74, 6) is 1.24. The van der Waals surface area contributed by atoms with E-state index in [2.05, 4.69) is 69.8 Å². The van der Waals surface area contributed by atoms with E-state index in [0.29, 0.717) is 11.7 Å². The number of rotatable bonds is 9.